The summed E-state index contributed by atoms with van der Waals surface area (Å²) in [7, 11) is 0. The van der Waals surface area contributed by atoms with Crippen molar-refractivity contribution < 1.29 is 8.78 Å². The van der Waals surface area contributed by atoms with E-state index in [4.69, 9.17) is 0 Å². The molecule has 0 aromatic rings. The van der Waals surface area contributed by atoms with E-state index in [0.29, 0.717) is 6.42 Å². The van der Waals surface area contributed by atoms with E-state index in [1.54, 1.807) is 0 Å². The zero-order chi connectivity index (χ0) is 12.0. The molecule has 0 saturated heterocycles. The highest BCUT2D eigenvalue weighted by Crippen LogP contribution is 2.34. The molecule has 16 heavy (non-hydrogen) atoms. The molecule has 1 unspecified atom stereocenters. The zero-order valence-electron chi connectivity index (χ0n) is 10.1. The lowest BCUT2D eigenvalue weighted by Crippen LogP contribution is -2.08. The summed E-state index contributed by atoms with van der Waals surface area (Å²) in [6.07, 6.45) is 8.78. The van der Waals surface area contributed by atoms with Crippen molar-refractivity contribution in [2.24, 2.45) is 5.92 Å². The van der Waals surface area contributed by atoms with Crippen molar-refractivity contribution in [1.29, 1.82) is 0 Å². The van der Waals surface area contributed by atoms with E-state index in [1.807, 2.05) is 32.1 Å². The Labute approximate surface area is 96.7 Å². The van der Waals surface area contributed by atoms with Gasteiger partial charge in [-0.15, -0.1) is 0 Å². The fraction of sp³-hybridized carbons (Fsp3) is 0.571. The smallest absolute Gasteiger partial charge is 0.103 e. The summed E-state index contributed by atoms with van der Waals surface area (Å²) in [6, 6.07) is 0. The third kappa shape index (κ3) is 3.29. The van der Waals surface area contributed by atoms with Crippen molar-refractivity contribution in [2.75, 3.05) is 6.67 Å². The van der Waals surface area contributed by atoms with Crippen molar-refractivity contribution in [2.45, 2.75) is 39.5 Å². The SMILES string of the molecule is C/C=C\C=C(\C1=C(F)CCCC1)C(C)CF. The zero-order valence-corrected chi connectivity index (χ0v) is 10.1. The molecule has 1 aliphatic rings. The molecular formula is C14H20F2. The van der Waals surface area contributed by atoms with E-state index in [-0.39, 0.29) is 11.7 Å². The summed E-state index contributed by atoms with van der Waals surface area (Å²) >= 11 is 0. The first-order valence-corrected chi connectivity index (χ1v) is 5.97. The molecule has 0 radical (unpaired) electrons. The second kappa shape index (κ2) is 6.62. The van der Waals surface area contributed by atoms with Crippen LogP contribution in [-0.2, 0) is 0 Å². The van der Waals surface area contributed by atoms with E-state index < -0.39 is 6.67 Å². The van der Waals surface area contributed by atoms with Crippen molar-refractivity contribution in [3.63, 3.8) is 0 Å². The van der Waals surface area contributed by atoms with Crippen LogP contribution in [0.5, 0.6) is 0 Å². The van der Waals surface area contributed by atoms with Crippen LogP contribution in [0.25, 0.3) is 0 Å². The number of halogens is 2. The summed E-state index contributed by atoms with van der Waals surface area (Å²) in [5, 5.41) is 0. The maximum absolute atomic E-state index is 13.7. The molecule has 0 aliphatic heterocycles. The molecule has 0 amide bonds. The van der Waals surface area contributed by atoms with E-state index in [1.165, 1.54) is 0 Å². The molecule has 0 spiro atoms. The minimum atomic E-state index is -0.430. The Bertz CT molecular complexity index is 311. The van der Waals surface area contributed by atoms with E-state index in [9.17, 15) is 8.78 Å². The minimum absolute atomic E-state index is 0.0395. The Morgan fingerprint density at radius 2 is 2.06 bits per heavy atom. The molecule has 0 heterocycles. The number of rotatable bonds is 4. The molecule has 0 N–H and O–H groups in total. The molecule has 0 aromatic heterocycles. The second-order valence-corrected chi connectivity index (χ2v) is 4.29. The maximum atomic E-state index is 13.7. The van der Waals surface area contributed by atoms with Crippen LogP contribution in [0.1, 0.15) is 39.5 Å². The molecule has 0 bridgehead atoms. The molecule has 1 atom stereocenters. The van der Waals surface area contributed by atoms with E-state index >= 15 is 0 Å². The number of allylic oxidation sites excluding steroid dienone is 6. The lowest BCUT2D eigenvalue weighted by molar-refractivity contribution is 0.413. The van der Waals surface area contributed by atoms with Crippen molar-refractivity contribution in [3.8, 4) is 0 Å². The summed E-state index contributed by atoms with van der Waals surface area (Å²) in [5.41, 5.74) is 1.58. The Morgan fingerprint density at radius 3 is 2.62 bits per heavy atom. The van der Waals surface area contributed by atoms with Crippen LogP contribution in [0.3, 0.4) is 0 Å². The summed E-state index contributed by atoms with van der Waals surface area (Å²) in [5.74, 6) is -0.252. The topological polar surface area (TPSA) is 0 Å². The predicted octanol–water partition coefficient (Wildman–Crippen LogP) is 4.89. The van der Waals surface area contributed by atoms with Crippen molar-refractivity contribution in [1.82, 2.24) is 0 Å². The van der Waals surface area contributed by atoms with Crippen molar-refractivity contribution in [3.05, 3.63) is 35.2 Å². The number of alkyl halides is 1. The lowest BCUT2D eigenvalue weighted by Gasteiger charge is -2.21. The van der Waals surface area contributed by atoms with E-state index in [0.717, 1.165) is 30.4 Å². The predicted molar refractivity (Wildman–Crippen MR) is 64.6 cm³/mol. The van der Waals surface area contributed by atoms with Gasteiger partial charge >= 0.3 is 0 Å². The van der Waals surface area contributed by atoms with Crippen LogP contribution >= 0.6 is 0 Å². The summed E-state index contributed by atoms with van der Waals surface area (Å²) in [6.45, 7) is 3.28. The fourth-order valence-corrected chi connectivity index (χ4v) is 2.01. The Balaban J connectivity index is 3.00. The summed E-state index contributed by atoms with van der Waals surface area (Å²) < 4.78 is 26.5. The van der Waals surface area contributed by atoms with Gasteiger partial charge in [0.1, 0.15) is 5.83 Å². The third-order valence-corrected chi connectivity index (χ3v) is 2.98. The maximum Gasteiger partial charge on any atom is 0.103 e. The molecule has 0 saturated carbocycles. The first-order valence-electron chi connectivity index (χ1n) is 5.97. The van der Waals surface area contributed by atoms with Crippen molar-refractivity contribution >= 4 is 0 Å². The third-order valence-electron chi connectivity index (χ3n) is 2.98. The molecule has 0 fully saturated rings. The van der Waals surface area contributed by atoms with Gasteiger partial charge in [-0.25, -0.2) is 4.39 Å². The highest BCUT2D eigenvalue weighted by Gasteiger charge is 2.19. The van der Waals surface area contributed by atoms with Gasteiger partial charge in [0.25, 0.3) is 0 Å². The average Bonchev–Trinajstić information content (AvgIpc) is 2.31. The van der Waals surface area contributed by atoms with Crippen LogP contribution in [0, 0.1) is 5.92 Å². The fourth-order valence-electron chi connectivity index (χ4n) is 2.01. The van der Waals surface area contributed by atoms with Gasteiger partial charge in [-0.1, -0.05) is 25.2 Å². The largest absolute Gasteiger partial charge is 0.250 e. The van der Waals surface area contributed by atoms with Gasteiger partial charge in [0.05, 0.1) is 6.67 Å². The van der Waals surface area contributed by atoms with Gasteiger partial charge in [0, 0.05) is 5.92 Å². The Kier molecular flexibility index (Phi) is 5.44. The Hall–Kier alpha value is -0.920. The molecular weight excluding hydrogens is 206 g/mol. The average molecular weight is 226 g/mol. The lowest BCUT2D eigenvalue weighted by atomic mass is 9.86. The van der Waals surface area contributed by atoms with Gasteiger partial charge in [0.15, 0.2) is 0 Å². The van der Waals surface area contributed by atoms with Crippen LogP contribution in [0.4, 0.5) is 8.78 Å². The van der Waals surface area contributed by atoms with Crippen LogP contribution < -0.4 is 0 Å². The molecule has 0 nitrogen and oxygen atoms in total. The highest BCUT2D eigenvalue weighted by molar-refractivity contribution is 5.38. The van der Waals surface area contributed by atoms with Gasteiger partial charge in [0.2, 0.25) is 0 Å². The molecule has 1 aliphatic carbocycles. The normalized spacial score (nSPS) is 20.6. The van der Waals surface area contributed by atoms with Gasteiger partial charge in [-0.2, -0.15) is 0 Å². The Morgan fingerprint density at radius 1 is 1.38 bits per heavy atom. The highest BCUT2D eigenvalue weighted by atomic mass is 19.1. The second-order valence-electron chi connectivity index (χ2n) is 4.29. The van der Waals surface area contributed by atoms with Gasteiger partial charge in [-0.3, -0.25) is 4.39 Å². The first kappa shape index (κ1) is 13.1. The van der Waals surface area contributed by atoms with Crippen LogP contribution in [0.2, 0.25) is 0 Å². The number of hydrogen-bond acceptors (Lipinski definition) is 0. The monoisotopic (exact) mass is 226 g/mol. The standard InChI is InChI=1S/C14H20F2/c1-3-4-7-12(11(2)10-15)13-8-5-6-9-14(13)16/h3-4,7,11H,5-6,8-10H2,1-2H3/b4-3-,12-7+. The molecule has 0 aromatic carbocycles. The van der Waals surface area contributed by atoms with Gasteiger partial charge in [-0.05, 0) is 43.8 Å². The number of hydrogen-bond donors (Lipinski definition) is 0. The van der Waals surface area contributed by atoms with Crippen LogP contribution in [0.15, 0.2) is 35.2 Å². The van der Waals surface area contributed by atoms with Gasteiger partial charge < -0.3 is 0 Å². The minimum Gasteiger partial charge on any atom is -0.250 e. The molecule has 1 rings (SSSR count). The first-order chi connectivity index (χ1) is 7.70. The summed E-state index contributed by atoms with van der Waals surface area (Å²) in [4.78, 5) is 0. The quantitative estimate of drug-likeness (QED) is 0.598. The molecule has 2 heteroatoms. The van der Waals surface area contributed by atoms with E-state index in [2.05, 4.69) is 0 Å². The van der Waals surface area contributed by atoms with Crippen LogP contribution in [-0.4, -0.2) is 6.67 Å². The molecule has 90 valence electrons.